The third kappa shape index (κ3) is 5.01. The molecular formula is C21H23NO6. The molecule has 0 amide bonds. The maximum absolute atomic E-state index is 11.2. The second-order valence-corrected chi connectivity index (χ2v) is 6.23. The average Bonchev–Trinajstić information content (AvgIpc) is 3.33. The summed E-state index contributed by atoms with van der Waals surface area (Å²) in [6.07, 6.45) is 1.66. The van der Waals surface area contributed by atoms with Crippen molar-refractivity contribution in [3.63, 3.8) is 0 Å². The number of nitrogens with zero attached hydrogens (tertiary/aromatic N) is 1. The van der Waals surface area contributed by atoms with Crippen LogP contribution in [0.3, 0.4) is 0 Å². The number of rotatable bonds is 10. The third-order valence-electron chi connectivity index (χ3n) is 4.22. The summed E-state index contributed by atoms with van der Waals surface area (Å²) in [7, 11) is 0. The van der Waals surface area contributed by atoms with Crippen LogP contribution in [0, 0.1) is 6.92 Å². The highest BCUT2D eigenvalue weighted by atomic mass is 16.5. The van der Waals surface area contributed by atoms with Crippen LogP contribution in [0.1, 0.15) is 23.9 Å². The minimum Gasteiger partial charge on any atom is -0.493 e. The molecule has 3 aromatic rings. The fraction of sp³-hybridized carbons (Fsp3) is 0.333. The van der Waals surface area contributed by atoms with Gasteiger partial charge in [-0.05, 0) is 43.7 Å². The van der Waals surface area contributed by atoms with E-state index in [2.05, 4.69) is 4.98 Å². The number of hydrogen-bond donors (Lipinski definition) is 1. The van der Waals surface area contributed by atoms with Crippen molar-refractivity contribution in [2.45, 2.75) is 32.8 Å². The lowest BCUT2D eigenvalue weighted by Gasteiger charge is -2.12. The normalized spacial score (nSPS) is 12.1. The van der Waals surface area contributed by atoms with E-state index >= 15 is 0 Å². The van der Waals surface area contributed by atoms with E-state index in [1.165, 1.54) is 0 Å². The lowest BCUT2D eigenvalue weighted by molar-refractivity contribution is -0.149. The van der Waals surface area contributed by atoms with Gasteiger partial charge >= 0.3 is 5.97 Å². The molecule has 0 aliphatic carbocycles. The summed E-state index contributed by atoms with van der Waals surface area (Å²) in [5.74, 6) is 1.54. The Morgan fingerprint density at radius 2 is 2.04 bits per heavy atom. The third-order valence-corrected chi connectivity index (χ3v) is 4.22. The van der Waals surface area contributed by atoms with Gasteiger partial charge in [-0.3, -0.25) is 0 Å². The predicted octanol–water partition coefficient (Wildman–Crippen LogP) is 3.90. The van der Waals surface area contributed by atoms with E-state index in [4.69, 9.17) is 23.4 Å². The number of ether oxygens (including phenoxy) is 2. The number of carbonyl (C=O) groups is 1. The highest BCUT2D eigenvalue weighted by molar-refractivity contribution is 5.72. The van der Waals surface area contributed by atoms with Crippen LogP contribution in [0.5, 0.6) is 5.75 Å². The molecule has 0 spiro atoms. The zero-order valence-electron chi connectivity index (χ0n) is 15.9. The molecule has 0 saturated heterocycles. The van der Waals surface area contributed by atoms with Crippen LogP contribution in [0.2, 0.25) is 0 Å². The smallest absolute Gasteiger partial charge is 0.333 e. The second kappa shape index (κ2) is 9.23. The molecule has 1 atom stereocenters. The summed E-state index contributed by atoms with van der Waals surface area (Å²) in [6, 6.07) is 10.9. The highest BCUT2D eigenvalue weighted by Crippen LogP contribution is 2.22. The number of aryl methyl sites for hydroxylation is 1. The summed E-state index contributed by atoms with van der Waals surface area (Å²) in [5, 5.41) is 9.16. The van der Waals surface area contributed by atoms with Gasteiger partial charge in [0.2, 0.25) is 0 Å². The molecule has 0 unspecified atom stereocenters. The number of furan rings is 1. The van der Waals surface area contributed by atoms with Crippen LogP contribution in [0.25, 0.3) is 11.7 Å². The highest BCUT2D eigenvalue weighted by Gasteiger charge is 2.18. The first kappa shape index (κ1) is 19.7. The SMILES string of the molecule is CCO[C@H](Cc1ccc(OCCc2nc(-c3ccco3)oc2C)cc1)C(=O)O. The molecule has 1 aromatic carbocycles. The van der Waals surface area contributed by atoms with Crippen LogP contribution in [0.4, 0.5) is 0 Å². The largest absolute Gasteiger partial charge is 0.493 e. The van der Waals surface area contributed by atoms with Gasteiger partial charge in [-0.2, -0.15) is 0 Å². The Hall–Kier alpha value is -3.06. The van der Waals surface area contributed by atoms with Crippen LogP contribution >= 0.6 is 0 Å². The van der Waals surface area contributed by atoms with Crippen molar-refractivity contribution in [1.29, 1.82) is 0 Å². The van der Waals surface area contributed by atoms with Crippen molar-refractivity contribution >= 4 is 5.97 Å². The monoisotopic (exact) mass is 385 g/mol. The Morgan fingerprint density at radius 3 is 2.68 bits per heavy atom. The second-order valence-electron chi connectivity index (χ2n) is 6.23. The summed E-state index contributed by atoms with van der Waals surface area (Å²) >= 11 is 0. The van der Waals surface area contributed by atoms with Crippen LogP contribution in [0.15, 0.2) is 51.5 Å². The molecule has 2 heterocycles. The first-order chi connectivity index (χ1) is 13.6. The van der Waals surface area contributed by atoms with Gasteiger partial charge in [0.05, 0.1) is 18.6 Å². The molecular weight excluding hydrogens is 362 g/mol. The van der Waals surface area contributed by atoms with E-state index < -0.39 is 12.1 Å². The lowest BCUT2D eigenvalue weighted by Crippen LogP contribution is -2.26. The molecule has 0 aliphatic heterocycles. The topological polar surface area (TPSA) is 94.9 Å². The molecule has 3 rings (SSSR count). The van der Waals surface area contributed by atoms with Gasteiger partial charge in [0.1, 0.15) is 11.5 Å². The molecule has 0 radical (unpaired) electrons. The van der Waals surface area contributed by atoms with Gasteiger partial charge in [-0.1, -0.05) is 12.1 Å². The van der Waals surface area contributed by atoms with Crippen LogP contribution < -0.4 is 4.74 Å². The van der Waals surface area contributed by atoms with E-state index in [1.807, 2.05) is 31.2 Å². The van der Waals surface area contributed by atoms with Gasteiger partial charge in [0.25, 0.3) is 5.89 Å². The Labute approximate surface area is 162 Å². The van der Waals surface area contributed by atoms with Gasteiger partial charge in [0.15, 0.2) is 11.9 Å². The predicted molar refractivity (Wildman–Crippen MR) is 101 cm³/mol. The molecule has 7 heteroatoms. The Balaban J connectivity index is 1.52. The summed E-state index contributed by atoms with van der Waals surface area (Å²) in [5.41, 5.74) is 1.70. The molecule has 148 valence electrons. The zero-order chi connectivity index (χ0) is 19.9. The fourth-order valence-corrected chi connectivity index (χ4v) is 2.79. The summed E-state index contributed by atoms with van der Waals surface area (Å²) in [4.78, 5) is 15.6. The molecule has 28 heavy (non-hydrogen) atoms. The number of carboxylic acid groups (broad SMARTS) is 1. The van der Waals surface area contributed by atoms with Crippen LogP contribution in [-0.4, -0.2) is 35.4 Å². The summed E-state index contributed by atoms with van der Waals surface area (Å²) in [6.45, 7) is 4.45. The quantitative estimate of drug-likeness (QED) is 0.565. The zero-order valence-corrected chi connectivity index (χ0v) is 15.9. The average molecular weight is 385 g/mol. The van der Waals surface area contributed by atoms with Gasteiger partial charge in [-0.25, -0.2) is 9.78 Å². The van der Waals surface area contributed by atoms with Crippen molar-refractivity contribution < 1.29 is 28.2 Å². The van der Waals surface area contributed by atoms with Gasteiger partial charge in [-0.15, -0.1) is 0 Å². The number of benzene rings is 1. The van der Waals surface area contributed by atoms with E-state index in [1.54, 1.807) is 25.3 Å². The molecule has 0 fully saturated rings. The molecule has 2 aromatic heterocycles. The Morgan fingerprint density at radius 1 is 1.25 bits per heavy atom. The molecule has 7 nitrogen and oxygen atoms in total. The van der Waals surface area contributed by atoms with Gasteiger partial charge in [0, 0.05) is 19.4 Å². The summed E-state index contributed by atoms with van der Waals surface area (Å²) < 4.78 is 21.9. The molecule has 0 bridgehead atoms. The standard InChI is InChI=1S/C21H23NO6/c1-3-25-19(21(23)24)13-15-6-8-16(9-7-15)26-12-10-17-14(2)28-20(22-17)18-5-4-11-27-18/h4-9,11,19H,3,10,12-13H2,1-2H3,(H,23,24)/t19-/m1/s1. The number of aromatic nitrogens is 1. The molecule has 0 aliphatic rings. The number of carboxylic acids is 1. The van der Waals surface area contributed by atoms with Crippen molar-refractivity contribution in [1.82, 2.24) is 4.98 Å². The molecule has 1 N–H and O–H groups in total. The lowest BCUT2D eigenvalue weighted by atomic mass is 10.1. The van der Waals surface area contributed by atoms with E-state index in [0.717, 1.165) is 17.0 Å². The first-order valence-electron chi connectivity index (χ1n) is 9.13. The fourth-order valence-electron chi connectivity index (χ4n) is 2.79. The Kier molecular flexibility index (Phi) is 6.49. The van der Waals surface area contributed by atoms with Gasteiger partial charge < -0.3 is 23.4 Å². The van der Waals surface area contributed by atoms with E-state index in [9.17, 15) is 4.79 Å². The first-order valence-corrected chi connectivity index (χ1v) is 9.13. The van der Waals surface area contributed by atoms with Crippen LogP contribution in [-0.2, 0) is 22.4 Å². The Bertz CT molecular complexity index is 882. The van der Waals surface area contributed by atoms with Crippen molar-refractivity contribution in [3.05, 3.63) is 59.7 Å². The van der Waals surface area contributed by atoms with Crippen molar-refractivity contribution in [2.75, 3.05) is 13.2 Å². The van der Waals surface area contributed by atoms with E-state index in [0.29, 0.717) is 43.5 Å². The van der Waals surface area contributed by atoms with Crippen molar-refractivity contribution in [3.8, 4) is 17.4 Å². The van der Waals surface area contributed by atoms with E-state index in [-0.39, 0.29) is 0 Å². The minimum atomic E-state index is -0.959. The van der Waals surface area contributed by atoms with Crippen molar-refractivity contribution in [2.24, 2.45) is 0 Å². The maximum atomic E-state index is 11.2. The number of aliphatic carboxylic acids is 1. The molecule has 0 saturated carbocycles. The number of hydrogen-bond acceptors (Lipinski definition) is 6. The number of oxazole rings is 1. The minimum absolute atomic E-state index is 0.317. The maximum Gasteiger partial charge on any atom is 0.333 e.